The molecule has 0 spiro atoms. The smallest absolute Gasteiger partial charge is 0.327 e. The van der Waals surface area contributed by atoms with Crippen molar-refractivity contribution in [2.24, 2.45) is 17.3 Å². The first kappa shape index (κ1) is 59.2. The van der Waals surface area contributed by atoms with Crippen molar-refractivity contribution in [2.45, 2.75) is 310 Å². The number of benzene rings is 1. The van der Waals surface area contributed by atoms with E-state index in [0.717, 1.165) is 57.8 Å². The van der Waals surface area contributed by atoms with E-state index in [1.54, 1.807) is 27.8 Å². The van der Waals surface area contributed by atoms with Crippen LogP contribution in [0.4, 0.5) is 0 Å². The Bertz CT molecular complexity index is 1260. The minimum absolute atomic E-state index is 0.0737. The fraction of sp³-hybridized carbons (Fsp3) is 0.895. The molecule has 1 aromatic rings. The third kappa shape index (κ3) is 24.0. The lowest BCUT2D eigenvalue weighted by atomic mass is 9.57. The number of rotatable bonds is 40. The molecular formula is C57H106O6P2. The first-order valence-electron chi connectivity index (χ1n) is 28.5. The molecule has 0 saturated heterocycles. The molecule has 6 nitrogen and oxygen atoms in total. The monoisotopic (exact) mass is 949 g/mol. The van der Waals surface area contributed by atoms with Crippen LogP contribution in [0.2, 0.25) is 0 Å². The average Bonchev–Trinajstić information content (AvgIpc) is 3.29. The summed E-state index contributed by atoms with van der Waals surface area (Å²) in [5, 5.41) is 0. The highest BCUT2D eigenvalue weighted by molar-refractivity contribution is 7.39. The minimum atomic E-state index is -2.34. The normalized spacial score (nSPS) is 20.3. The molecule has 8 heteroatoms. The van der Waals surface area contributed by atoms with Gasteiger partial charge in [0.25, 0.3) is 0 Å². The Morgan fingerprint density at radius 3 is 1.03 bits per heavy atom. The molecule has 0 amide bonds. The van der Waals surface area contributed by atoms with E-state index < -0.39 is 17.2 Å². The quantitative estimate of drug-likeness (QED) is 0.0386. The third-order valence-electron chi connectivity index (χ3n) is 16.3. The second-order valence-corrected chi connectivity index (χ2v) is 22.9. The van der Waals surface area contributed by atoms with Crippen LogP contribution in [0.3, 0.4) is 0 Å². The van der Waals surface area contributed by atoms with E-state index in [2.05, 4.69) is 40.7 Å². The Labute approximate surface area is 405 Å². The minimum Gasteiger partial charge on any atom is -0.328 e. The summed E-state index contributed by atoms with van der Waals surface area (Å²) in [6, 6.07) is 2.80. The van der Waals surface area contributed by atoms with Gasteiger partial charge in [-0.2, -0.15) is 0 Å². The summed E-state index contributed by atoms with van der Waals surface area (Å²) in [6.07, 6.45) is 51.4. The average molecular weight is 949 g/mol. The number of aryl methyl sites for hydroxylation is 1. The highest BCUT2D eigenvalue weighted by atomic mass is 31.2. The molecule has 2 saturated carbocycles. The lowest BCUT2D eigenvalue weighted by Crippen LogP contribution is -2.42. The Morgan fingerprint density at radius 2 is 0.692 bits per heavy atom. The number of hydrogen-bond acceptors (Lipinski definition) is 6. The molecule has 0 unspecified atom stereocenters. The van der Waals surface area contributed by atoms with Crippen molar-refractivity contribution in [1.82, 2.24) is 0 Å². The van der Waals surface area contributed by atoms with E-state index in [4.69, 9.17) is 9.05 Å². The summed E-state index contributed by atoms with van der Waals surface area (Å²) in [7, 11) is -4.69. The van der Waals surface area contributed by atoms with Crippen LogP contribution >= 0.6 is 17.2 Å². The summed E-state index contributed by atoms with van der Waals surface area (Å²) in [5.74, 6) is 1.05. The Kier molecular flexibility index (Phi) is 33.4. The molecular weight excluding hydrogens is 843 g/mol. The first-order chi connectivity index (χ1) is 31.7. The lowest BCUT2D eigenvalue weighted by Gasteiger charge is -2.49. The van der Waals surface area contributed by atoms with Gasteiger partial charge >= 0.3 is 17.2 Å². The van der Waals surface area contributed by atoms with Gasteiger partial charge < -0.3 is 28.6 Å². The second kappa shape index (κ2) is 36.7. The summed E-state index contributed by atoms with van der Waals surface area (Å²) >= 11 is 0. The molecule has 2 fully saturated rings. The highest BCUT2D eigenvalue weighted by Gasteiger charge is 2.45. The van der Waals surface area contributed by atoms with Crippen LogP contribution in [-0.4, -0.2) is 31.8 Å². The third-order valence-corrected chi connectivity index (χ3v) is 17.2. The molecule has 3 rings (SSSR count). The van der Waals surface area contributed by atoms with Gasteiger partial charge in [-0.1, -0.05) is 195 Å². The van der Waals surface area contributed by atoms with Crippen LogP contribution in [0.1, 0.15) is 294 Å². The van der Waals surface area contributed by atoms with E-state index in [1.165, 1.54) is 205 Å². The summed E-state index contributed by atoms with van der Waals surface area (Å²) < 4.78 is 11.3. The molecule has 2 aliphatic carbocycles. The van der Waals surface area contributed by atoms with E-state index in [1.807, 2.05) is 0 Å². The van der Waals surface area contributed by atoms with Gasteiger partial charge in [-0.3, -0.25) is 0 Å². The van der Waals surface area contributed by atoms with Crippen molar-refractivity contribution in [1.29, 1.82) is 0 Å². The summed E-state index contributed by atoms with van der Waals surface area (Å²) in [5.41, 5.74) is 8.71. The zero-order valence-corrected chi connectivity index (χ0v) is 45.2. The molecule has 0 aliphatic heterocycles. The lowest BCUT2D eigenvalue weighted by molar-refractivity contribution is -0.00389. The Balaban J connectivity index is 2.11. The molecule has 2 aliphatic rings. The number of hydrogen-bond donors (Lipinski definition) is 4. The SMILES string of the molecule is CCCCCCCCCc1cc(CC(C)(C2CCC(OP(O)O)CC2)C2CCC(OP(O)O)CC2)c(CCCCCCCCC)c(CCCCCCCCC)c1CCCCCCCCC. The van der Waals surface area contributed by atoms with Gasteiger partial charge in [-0.25, -0.2) is 0 Å². The Hall–Kier alpha value is -0.160. The van der Waals surface area contributed by atoms with E-state index >= 15 is 0 Å². The van der Waals surface area contributed by atoms with Crippen LogP contribution in [0.25, 0.3) is 0 Å². The van der Waals surface area contributed by atoms with Crippen molar-refractivity contribution in [2.75, 3.05) is 0 Å². The molecule has 0 bridgehead atoms. The van der Waals surface area contributed by atoms with Gasteiger partial charge in [0.05, 0.1) is 12.2 Å². The van der Waals surface area contributed by atoms with Crippen LogP contribution in [-0.2, 0) is 41.2 Å². The fourth-order valence-corrected chi connectivity index (χ4v) is 13.2. The predicted molar refractivity (Wildman–Crippen MR) is 281 cm³/mol. The fourth-order valence-electron chi connectivity index (χ4n) is 12.3. The van der Waals surface area contributed by atoms with Gasteiger partial charge in [0.2, 0.25) is 0 Å². The topological polar surface area (TPSA) is 99.4 Å². The molecule has 65 heavy (non-hydrogen) atoms. The van der Waals surface area contributed by atoms with Gasteiger partial charge in [0, 0.05) is 0 Å². The summed E-state index contributed by atoms with van der Waals surface area (Å²) in [4.78, 5) is 39.1. The standard InChI is InChI=1S/C57H106O6P2/c1-6-10-14-18-22-26-30-34-48-46-49(47-57(5,50-38-42-52(43-39-50)62-64(58)59)51-40-44-53(45-41-51)63-65(60)61)55(36-32-28-24-20-16-12-8-3)56(37-33-29-25-21-17-13-9-4)54(48)35-31-27-23-19-15-11-7-2/h46,50-53,58-61H,6-45,47H2,1-5H3. The zero-order chi connectivity index (χ0) is 47.0. The second-order valence-electron chi connectivity index (χ2n) is 21.5. The molecule has 380 valence electrons. The van der Waals surface area contributed by atoms with Crippen molar-refractivity contribution in [3.05, 3.63) is 33.9 Å². The van der Waals surface area contributed by atoms with Gasteiger partial charge in [-0.05, 0) is 154 Å². The maximum Gasteiger partial charge on any atom is 0.327 e. The maximum absolute atomic E-state index is 9.78. The molecule has 4 N–H and O–H groups in total. The molecule has 1 aromatic carbocycles. The van der Waals surface area contributed by atoms with Gasteiger partial charge in [0.15, 0.2) is 0 Å². The molecule has 0 heterocycles. The van der Waals surface area contributed by atoms with Crippen molar-refractivity contribution >= 4 is 17.2 Å². The highest BCUT2D eigenvalue weighted by Crippen LogP contribution is 2.53. The van der Waals surface area contributed by atoms with E-state index in [0.29, 0.717) is 11.8 Å². The van der Waals surface area contributed by atoms with Crippen molar-refractivity contribution < 1.29 is 28.6 Å². The molecule has 0 aromatic heterocycles. The first-order valence-corrected chi connectivity index (χ1v) is 30.8. The van der Waals surface area contributed by atoms with E-state index in [9.17, 15) is 19.6 Å². The van der Waals surface area contributed by atoms with Crippen molar-refractivity contribution in [3.8, 4) is 0 Å². The van der Waals surface area contributed by atoms with Gasteiger partial charge in [0.1, 0.15) is 0 Å². The van der Waals surface area contributed by atoms with Crippen LogP contribution in [0.15, 0.2) is 6.07 Å². The van der Waals surface area contributed by atoms with Crippen LogP contribution < -0.4 is 0 Å². The van der Waals surface area contributed by atoms with Gasteiger partial charge in [-0.15, -0.1) is 0 Å². The predicted octanol–water partition coefficient (Wildman–Crippen LogP) is 18.0. The Morgan fingerprint density at radius 1 is 0.400 bits per heavy atom. The van der Waals surface area contributed by atoms with Crippen LogP contribution in [0, 0.1) is 17.3 Å². The van der Waals surface area contributed by atoms with E-state index in [-0.39, 0.29) is 17.6 Å². The van der Waals surface area contributed by atoms with Crippen LogP contribution in [0.5, 0.6) is 0 Å². The van der Waals surface area contributed by atoms with Crippen molar-refractivity contribution in [3.63, 3.8) is 0 Å². The number of unbranched alkanes of at least 4 members (excludes halogenated alkanes) is 24. The largest absolute Gasteiger partial charge is 0.328 e. The zero-order valence-electron chi connectivity index (χ0n) is 43.4. The molecule has 0 atom stereocenters. The maximum atomic E-state index is 9.78. The molecule has 0 radical (unpaired) electrons. The summed E-state index contributed by atoms with van der Waals surface area (Å²) in [6.45, 7) is 11.9.